The van der Waals surface area contributed by atoms with Gasteiger partial charge in [-0.1, -0.05) is 0 Å². The van der Waals surface area contributed by atoms with Crippen LogP contribution in [0, 0.1) is 0 Å². The van der Waals surface area contributed by atoms with Crippen molar-refractivity contribution in [2.45, 2.75) is 25.4 Å². The van der Waals surface area contributed by atoms with Gasteiger partial charge in [-0.05, 0) is 19.3 Å². The van der Waals surface area contributed by atoms with Gasteiger partial charge in [-0.2, -0.15) is 0 Å². The van der Waals surface area contributed by atoms with E-state index < -0.39 is 10.0 Å². The molecule has 1 unspecified atom stereocenters. The Morgan fingerprint density at radius 3 is 2.58 bits per heavy atom. The topological polar surface area (TPSA) is 57.6 Å². The first kappa shape index (κ1) is 9.95. The molecule has 0 radical (unpaired) electrons. The molecule has 0 spiro atoms. The zero-order chi connectivity index (χ0) is 9.19. The maximum Gasteiger partial charge on any atom is 0.211 e. The molecule has 4 nitrogen and oxygen atoms in total. The van der Waals surface area contributed by atoms with Crippen LogP contribution in [0.2, 0.25) is 0 Å². The van der Waals surface area contributed by atoms with Gasteiger partial charge >= 0.3 is 0 Å². The van der Waals surface area contributed by atoms with E-state index in [9.17, 15) is 13.5 Å². The number of rotatable bonds is 1. The molecule has 0 aliphatic carbocycles. The minimum Gasteiger partial charge on any atom is -0.393 e. The largest absolute Gasteiger partial charge is 0.393 e. The van der Waals surface area contributed by atoms with Crippen LogP contribution in [-0.4, -0.2) is 43.3 Å². The van der Waals surface area contributed by atoms with Crippen molar-refractivity contribution >= 4 is 10.0 Å². The smallest absolute Gasteiger partial charge is 0.211 e. The summed E-state index contributed by atoms with van der Waals surface area (Å²) in [5.74, 6) is 0. The number of aliphatic hydroxyl groups is 1. The highest BCUT2D eigenvalue weighted by atomic mass is 32.2. The van der Waals surface area contributed by atoms with Gasteiger partial charge in [0, 0.05) is 13.1 Å². The summed E-state index contributed by atoms with van der Waals surface area (Å²) in [5.41, 5.74) is 0. The Balaban J connectivity index is 2.58. The molecule has 1 rings (SSSR count). The molecule has 0 bridgehead atoms. The lowest BCUT2D eigenvalue weighted by molar-refractivity contribution is 0.159. The van der Waals surface area contributed by atoms with E-state index in [1.165, 1.54) is 10.6 Å². The fraction of sp³-hybridized carbons (Fsp3) is 1.00. The molecule has 0 saturated carbocycles. The van der Waals surface area contributed by atoms with Gasteiger partial charge in [-0.3, -0.25) is 0 Å². The molecule has 72 valence electrons. The first-order valence-electron chi connectivity index (χ1n) is 4.13. The standard InChI is InChI=1S/C7H15NO3S/c1-12(10,11)8-5-2-3-7(9)4-6-8/h7,9H,2-6H2,1H3. The number of hydrogen-bond acceptors (Lipinski definition) is 3. The van der Waals surface area contributed by atoms with Gasteiger partial charge in [-0.25, -0.2) is 12.7 Å². The van der Waals surface area contributed by atoms with Crippen LogP contribution in [0.5, 0.6) is 0 Å². The highest BCUT2D eigenvalue weighted by molar-refractivity contribution is 7.88. The summed E-state index contributed by atoms with van der Waals surface area (Å²) in [6.07, 6.45) is 2.93. The van der Waals surface area contributed by atoms with Gasteiger partial charge in [0.1, 0.15) is 0 Å². The Morgan fingerprint density at radius 2 is 2.00 bits per heavy atom. The molecule has 5 heteroatoms. The zero-order valence-corrected chi connectivity index (χ0v) is 8.05. The number of aliphatic hydroxyl groups excluding tert-OH is 1. The normalized spacial score (nSPS) is 28.3. The van der Waals surface area contributed by atoms with E-state index in [1.54, 1.807) is 0 Å². The lowest BCUT2D eigenvalue weighted by Gasteiger charge is -2.16. The minimum absolute atomic E-state index is 0.322. The second-order valence-corrected chi connectivity index (χ2v) is 5.23. The van der Waals surface area contributed by atoms with Gasteiger partial charge in [0.05, 0.1) is 12.4 Å². The van der Waals surface area contributed by atoms with Crippen LogP contribution in [0.15, 0.2) is 0 Å². The SMILES string of the molecule is CS(=O)(=O)N1CCCC(O)CC1. The summed E-state index contributed by atoms with van der Waals surface area (Å²) in [6, 6.07) is 0. The van der Waals surface area contributed by atoms with Crippen molar-refractivity contribution in [2.24, 2.45) is 0 Å². The van der Waals surface area contributed by atoms with E-state index in [0.29, 0.717) is 25.9 Å². The van der Waals surface area contributed by atoms with Crippen molar-refractivity contribution in [1.29, 1.82) is 0 Å². The van der Waals surface area contributed by atoms with Gasteiger partial charge in [-0.15, -0.1) is 0 Å². The van der Waals surface area contributed by atoms with Crippen molar-refractivity contribution in [3.05, 3.63) is 0 Å². The maximum atomic E-state index is 11.1. The zero-order valence-electron chi connectivity index (χ0n) is 7.23. The van der Waals surface area contributed by atoms with E-state index in [-0.39, 0.29) is 6.10 Å². The summed E-state index contributed by atoms with van der Waals surface area (Å²) in [4.78, 5) is 0. The Bertz CT molecular complexity index is 237. The molecule has 1 aliphatic rings. The average molecular weight is 193 g/mol. The molecule has 1 aliphatic heterocycles. The fourth-order valence-electron chi connectivity index (χ4n) is 1.38. The van der Waals surface area contributed by atoms with Crippen LogP contribution in [0.25, 0.3) is 0 Å². The molecule has 1 heterocycles. The minimum atomic E-state index is -3.05. The van der Waals surface area contributed by atoms with E-state index >= 15 is 0 Å². The molecule has 1 N–H and O–H groups in total. The second-order valence-electron chi connectivity index (χ2n) is 3.25. The monoisotopic (exact) mass is 193 g/mol. The first-order chi connectivity index (χ1) is 5.50. The molecular formula is C7H15NO3S. The van der Waals surface area contributed by atoms with Gasteiger partial charge in [0.25, 0.3) is 0 Å². The molecule has 1 saturated heterocycles. The lowest BCUT2D eigenvalue weighted by atomic mass is 10.2. The van der Waals surface area contributed by atoms with Gasteiger partial charge in [0.15, 0.2) is 0 Å². The summed E-state index contributed by atoms with van der Waals surface area (Å²) < 4.78 is 23.6. The van der Waals surface area contributed by atoms with Crippen LogP contribution in [-0.2, 0) is 10.0 Å². The number of sulfonamides is 1. The first-order valence-corrected chi connectivity index (χ1v) is 5.98. The molecule has 0 aromatic rings. The van der Waals surface area contributed by atoms with Gasteiger partial charge < -0.3 is 5.11 Å². The highest BCUT2D eigenvalue weighted by Crippen LogP contribution is 2.12. The summed E-state index contributed by atoms with van der Waals surface area (Å²) >= 11 is 0. The van der Waals surface area contributed by atoms with Crippen LogP contribution >= 0.6 is 0 Å². The second kappa shape index (κ2) is 3.72. The van der Waals surface area contributed by atoms with Gasteiger partial charge in [0.2, 0.25) is 10.0 Å². The van der Waals surface area contributed by atoms with Crippen LogP contribution in [0.4, 0.5) is 0 Å². The van der Waals surface area contributed by atoms with E-state index in [4.69, 9.17) is 0 Å². The van der Waals surface area contributed by atoms with Crippen LogP contribution in [0.1, 0.15) is 19.3 Å². The van der Waals surface area contributed by atoms with E-state index in [1.807, 2.05) is 0 Å². The van der Waals surface area contributed by atoms with Crippen molar-refractivity contribution in [3.8, 4) is 0 Å². The Hall–Kier alpha value is -0.130. The lowest BCUT2D eigenvalue weighted by Crippen LogP contribution is -2.31. The predicted molar refractivity (Wildman–Crippen MR) is 46.3 cm³/mol. The molecular weight excluding hydrogens is 178 g/mol. The van der Waals surface area contributed by atoms with E-state index in [2.05, 4.69) is 0 Å². The molecule has 0 aromatic carbocycles. The Kier molecular flexibility index (Phi) is 3.09. The van der Waals surface area contributed by atoms with Crippen LogP contribution < -0.4 is 0 Å². The average Bonchev–Trinajstić information content (AvgIpc) is 2.11. The number of nitrogens with zero attached hydrogens (tertiary/aromatic N) is 1. The molecule has 12 heavy (non-hydrogen) atoms. The summed E-state index contributed by atoms with van der Waals surface area (Å²) in [6.45, 7) is 1.01. The van der Waals surface area contributed by atoms with Crippen molar-refractivity contribution < 1.29 is 13.5 Å². The number of hydrogen-bond donors (Lipinski definition) is 1. The summed E-state index contributed by atoms with van der Waals surface area (Å²) in [5, 5.41) is 9.25. The quantitative estimate of drug-likeness (QED) is 0.627. The van der Waals surface area contributed by atoms with Crippen molar-refractivity contribution in [2.75, 3.05) is 19.3 Å². The Morgan fingerprint density at radius 1 is 1.33 bits per heavy atom. The summed E-state index contributed by atoms with van der Waals surface area (Å²) in [7, 11) is -3.05. The third-order valence-corrected chi connectivity index (χ3v) is 3.43. The Labute approximate surface area is 73.2 Å². The van der Waals surface area contributed by atoms with E-state index in [0.717, 1.165) is 6.42 Å². The molecule has 0 aromatic heterocycles. The molecule has 1 fully saturated rings. The highest BCUT2D eigenvalue weighted by Gasteiger charge is 2.20. The van der Waals surface area contributed by atoms with Crippen molar-refractivity contribution in [3.63, 3.8) is 0 Å². The van der Waals surface area contributed by atoms with Crippen molar-refractivity contribution in [1.82, 2.24) is 4.31 Å². The third-order valence-electron chi connectivity index (χ3n) is 2.13. The van der Waals surface area contributed by atoms with Crippen LogP contribution in [0.3, 0.4) is 0 Å². The maximum absolute atomic E-state index is 11.1. The fourth-order valence-corrected chi connectivity index (χ4v) is 2.28. The molecule has 1 atom stereocenters. The predicted octanol–water partition coefficient (Wildman–Crippen LogP) is -0.207. The molecule has 0 amide bonds. The third kappa shape index (κ3) is 2.73.